The molecule has 57 heteroatoms. The molecule has 15 unspecified atom stereocenters. The van der Waals surface area contributed by atoms with E-state index in [4.69, 9.17) is 47.4 Å². The fourth-order valence-corrected chi connectivity index (χ4v) is 15.9. The molecule has 6 amide bonds. The molecule has 0 spiro atoms. The average Bonchev–Trinajstić information content (AvgIpc) is 0.941. The molecule has 1 aromatic carbocycles. The highest BCUT2D eigenvalue weighted by Gasteiger charge is 2.58. The summed E-state index contributed by atoms with van der Waals surface area (Å²) in [6.07, 6.45) is -44.0. The molecule has 57 nitrogen and oxygen atoms in total. The van der Waals surface area contributed by atoms with Crippen molar-refractivity contribution in [3.8, 4) is 0 Å². The number of fused-ring (bicyclic) bond motifs is 1. The number of imidazole rings is 7. The third-order valence-electron chi connectivity index (χ3n) is 23.4. The number of H-pyrrole nitrogens is 7. The lowest BCUT2D eigenvalue weighted by molar-refractivity contribution is -0.394. The Morgan fingerprint density at radius 2 is 0.691 bits per heavy atom. The summed E-state index contributed by atoms with van der Waals surface area (Å²) in [4.78, 5) is 149. The van der Waals surface area contributed by atoms with Crippen LogP contribution in [0.5, 0.6) is 0 Å². The van der Waals surface area contributed by atoms with E-state index >= 15 is 0 Å². The second kappa shape index (κ2) is 47.1. The zero-order valence-corrected chi connectivity index (χ0v) is 71.4. The predicted molar refractivity (Wildman–Crippen MR) is 440 cm³/mol. The quantitative estimate of drug-likeness (QED) is 0.0158. The number of benzene rings is 1. The van der Waals surface area contributed by atoms with E-state index in [1.54, 1.807) is 0 Å². The van der Waals surface area contributed by atoms with Gasteiger partial charge in [-0.25, -0.2) is 34.9 Å². The van der Waals surface area contributed by atoms with Gasteiger partial charge in [-0.3, -0.25) is 28.8 Å². The SMILES string of the molecule is O=C[C@H](Cc1cnc[nH]1)NC(=O)C(Cc1cnc[nH]1)NC(=O)[C@H](Cc1cnc[nH]1)NC(=O)C(Cc1cnc[nH]1)NC(=O)[C@H](Cc1cnc[nH]1)NC(=O)C(Cc1cnc[nH]1)NC(=O)c1ccc2nc(C(O)[C@@H](O)[C@H](O[C@H]3OC(CO)[C@@H](O[C@H]4OC(CO)[C@@H](O[C@H]5OC(CO)[C@@H](O[C@H]6OC(CO)[C@@H](O[C@H]7OC(CO)[C@@H](O)[C@H](O)C7O)[C@H](O)C6O)[C@H](O)C5O)[C@H](O)C4O)[C@H](O)C3O)C(O)CO)[nH]c2c1. The molecule has 0 bridgehead atoms. The summed E-state index contributed by atoms with van der Waals surface area (Å²) in [7, 11) is 0. The van der Waals surface area contributed by atoms with Crippen LogP contribution in [0.1, 0.15) is 56.4 Å². The van der Waals surface area contributed by atoms with Crippen LogP contribution in [0.2, 0.25) is 0 Å². The van der Waals surface area contributed by atoms with E-state index < -0.39 is 295 Å². The van der Waals surface area contributed by atoms with E-state index in [-0.39, 0.29) is 55.1 Å². The standard InChI is InChI=1S/C79H108N20O37/c100-16-36(4-30-10-80-23-86-30)92-70(122)39(5-31-11-81-24-87-31)96-72(124)41(7-33-13-83-26-89-33)98-74(126)43(9-35-15-85-28-91-35)99-73(125)42(8-34-14-84-27-90-34)97-71(123)40(6-32-12-82-25-88-32)95-69(121)29-1-2-37-38(3-29)94-68(93-37)57(115)52(110)63(44(107)17-101)132-76-59(117)53(111)65(46(19-103)128-76)134-78-61(119)55(113)67(48(21-105)130-78)136-79-62(120)56(114)66(49(22-106)131-79)135-77-60(118)54(112)64(47(20-104)129-77)133-75-58(116)51(109)50(108)45(18-102)127-75/h1-3,10-16,23-28,36,39-67,75-79,101-120H,4-9,17-22H2,(H,80,86)(H,81,87)(H,82,88)(H,83,89)(H,84,90)(H,85,91)(H,92,122)(H,93,94)(H,95,121)(H,96,124)(H,97,123)(H,98,126)(H,99,125)/t36-,39?,40?,41-,42-,43?,44?,45?,46?,47?,48?,49?,50+,51-,52+,53+,54+,55+,56+,57?,58?,59?,60?,61?,62?,63+,64+,65+,66+,67+,75+,76+,77+,78+,79+/m0/s1. The molecule has 13 rings (SSSR count). The second-order valence-corrected chi connectivity index (χ2v) is 32.8. The second-order valence-electron chi connectivity index (χ2n) is 32.8. The van der Waals surface area contributed by atoms with Crippen LogP contribution in [0.15, 0.2) is 93.3 Å². The van der Waals surface area contributed by atoms with Crippen molar-refractivity contribution in [3.05, 3.63) is 139 Å². The summed E-state index contributed by atoms with van der Waals surface area (Å²) in [5.74, 6) is -6.00. The Kier molecular flexibility index (Phi) is 35.5. The number of hydrogen-bond donors (Lipinski definition) is 33. The molecule has 35 atom stereocenters. The van der Waals surface area contributed by atoms with Crippen molar-refractivity contribution in [3.63, 3.8) is 0 Å². The number of carbonyl (C=O) groups excluding carboxylic acids is 7. The van der Waals surface area contributed by atoms with Crippen molar-refractivity contribution >= 4 is 52.8 Å². The molecular weight excluding hydrogens is 1820 g/mol. The molecular formula is C79H108N20O37. The molecule has 5 aliphatic heterocycles. The predicted octanol–water partition coefficient (Wildman–Crippen LogP) is -15.7. The number of aliphatic hydroxyl groups is 20. The molecule has 746 valence electrons. The Labute approximate surface area is 766 Å². The Morgan fingerprint density at radius 1 is 0.382 bits per heavy atom. The van der Waals surface area contributed by atoms with Gasteiger partial charge in [0.2, 0.25) is 29.5 Å². The third kappa shape index (κ3) is 24.5. The summed E-state index contributed by atoms with van der Waals surface area (Å²) >= 11 is 0. The van der Waals surface area contributed by atoms with E-state index in [1.165, 1.54) is 93.3 Å². The van der Waals surface area contributed by atoms with Crippen LogP contribution in [0.4, 0.5) is 0 Å². The number of nitrogens with zero attached hydrogens (tertiary/aromatic N) is 7. The van der Waals surface area contributed by atoms with Gasteiger partial charge in [-0.1, -0.05) is 0 Å². The van der Waals surface area contributed by atoms with Gasteiger partial charge >= 0.3 is 0 Å². The lowest BCUT2D eigenvalue weighted by Crippen LogP contribution is -2.68. The van der Waals surface area contributed by atoms with Crippen LogP contribution in [0, 0.1) is 0 Å². The van der Waals surface area contributed by atoms with E-state index in [9.17, 15) is 136 Å². The monoisotopic (exact) mass is 1930 g/mol. The fraction of sp³-hybridized carbons (Fsp3) is 0.595. The van der Waals surface area contributed by atoms with Gasteiger partial charge in [0.25, 0.3) is 5.91 Å². The van der Waals surface area contributed by atoms with Crippen LogP contribution in [-0.2, 0) is 115 Å². The first-order chi connectivity index (χ1) is 65.3. The van der Waals surface area contributed by atoms with Crippen LogP contribution >= 0.6 is 0 Å². The minimum Gasteiger partial charge on any atom is -0.394 e. The number of aldehydes is 1. The number of aromatic amines is 7. The van der Waals surface area contributed by atoms with Crippen molar-refractivity contribution in [1.29, 1.82) is 0 Å². The summed E-state index contributed by atoms with van der Waals surface area (Å²) in [5.41, 5.74) is 2.03. The van der Waals surface area contributed by atoms with Gasteiger partial charge in [0.15, 0.2) is 31.5 Å². The van der Waals surface area contributed by atoms with Crippen molar-refractivity contribution in [1.82, 2.24) is 102 Å². The van der Waals surface area contributed by atoms with Crippen molar-refractivity contribution < 1.29 is 183 Å². The maximum atomic E-state index is 15.0. The number of amides is 6. The van der Waals surface area contributed by atoms with Gasteiger partial charge in [0, 0.05) is 115 Å². The molecule has 0 radical (unpaired) electrons. The van der Waals surface area contributed by atoms with Crippen molar-refractivity contribution in [2.45, 2.75) is 253 Å². The summed E-state index contributed by atoms with van der Waals surface area (Å²) in [6, 6.07) is -4.94. The van der Waals surface area contributed by atoms with Gasteiger partial charge in [0.05, 0.1) is 94.7 Å². The average molecular weight is 1930 g/mol. The van der Waals surface area contributed by atoms with Crippen LogP contribution < -0.4 is 31.9 Å². The maximum Gasteiger partial charge on any atom is 0.252 e. The van der Waals surface area contributed by atoms with Gasteiger partial charge < -0.3 is 221 Å². The highest BCUT2D eigenvalue weighted by Crippen LogP contribution is 2.38. The van der Waals surface area contributed by atoms with Crippen LogP contribution in [0.25, 0.3) is 11.0 Å². The Hall–Kier alpha value is -10.8. The molecule has 8 aromatic rings. The highest BCUT2D eigenvalue weighted by molar-refractivity contribution is 6.01. The summed E-state index contributed by atoms with van der Waals surface area (Å²) in [5, 5.41) is 235. The van der Waals surface area contributed by atoms with Crippen LogP contribution in [0.3, 0.4) is 0 Å². The van der Waals surface area contributed by atoms with E-state index in [1.807, 2.05) is 0 Å². The number of rotatable bonds is 45. The molecule has 5 aliphatic rings. The Bertz CT molecular complexity index is 5050. The molecule has 12 heterocycles. The third-order valence-corrected chi connectivity index (χ3v) is 23.4. The number of aromatic nitrogens is 14. The molecule has 5 saturated heterocycles. The number of hydrogen-bond acceptors (Lipinski definition) is 44. The summed E-state index contributed by atoms with van der Waals surface area (Å²) in [6.45, 7) is -6.46. The zero-order valence-electron chi connectivity index (χ0n) is 71.4. The zero-order chi connectivity index (χ0) is 97.5. The first-order valence-electron chi connectivity index (χ1n) is 42.7. The van der Waals surface area contributed by atoms with Gasteiger partial charge in [0.1, 0.15) is 189 Å². The normalized spacial score (nSPS) is 31.0. The molecule has 7 aromatic heterocycles. The van der Waals surface area contributed by atoms with Crippen molar-refractivity contribution in [2.24, 2.45) is 0 Å². The Balaban J connectivity index is 0.635. The minimum atomic E-state index is -2.38. The number of aliphatic hydroxyl groups excluding tert-OH is 20. The van der Waals surface area contributed by atoms with E-state index in [0.717, 1.165) is 0 Å². The Morgan fingerprint density at radius 3 is 1.01 bits per heavy atom. The largest absolute Gasteiger partial charge is 0.394 e. The first kappa shape index (κ1) is 103. The molecule has 5 fully saturated rings. The molecule has 33 N–H and O–H groups in total. The van der Waals surface area contributed by atoms with Gasteiger partial charge in [-0.15, -0.1) is 0 Å². The van der Waals surface area contributed by atoms with E-state index in [0.29, 0.717) is 40.4 Å². The fourth-order valence-electron chi connectivity index (χ4n) is 15.9. The number of ether oxygens (including phenoxy) is 10. The molecule has 0 saturated carbocycles. The highest BCUT2D eigenvalue weighted by atomic mass is 16.8. The van der Waals surface area contributed by atoms with Gasteiger partial charge in [-0.05, 0) is 18.2 Å². The van der Waals surface area contributed by atoms with Crippen LogP contribution in [-0.4, -0.2) is 461 Å². The molecule has 136 heavy (non-hydrogen) atoms. The minimum absolute atomic E-state index is 0.0131. The molecule has 0 aliphatic carbocycles. The van der Waals surface area contributed by atoms with Crippen molar-refractivity contribution in [2.75, 3.05) is 39.6 Å². The number of carbonyl (C=O) groups is 7. The maximum absolute atomic E-state index is 15.0. The summed E-state index contributed by atoms with van der Waals surface area (Å²) < 4.78 is 56.6. The van der Waals surface area contributed by atoms with Gasteiger partial charge in [-0.2, -0.15) is 0 Å². The van der Waals surface area contributed by atoms with E-state index in [2.05, 4.69) is 102 Å². The smallest absolute Gasteiger partial charge is 0.252 e. The number of nitrogens with one attached hydrogen (secondary N) is 13. The topological polar surface area (TPSA) is 889 Å². The lowest BCUT2D eigenvalue weighted by atomic mass is 9.95. The first-order valence-corrected chi connectivity index (χ1v) is 42.7. The lowest BCUT2D eigenvalue weighted by Gasteiger charge is -2.49.